The van der Waals surface area contributed by atoms with Gasteiger partial charge in [-0.05, 0) is 49.9 Å². The van der Waals surface area contributed by atoms with E-state index in [4.69, 9.17) is 28.7 Å². The van der Waals surface area contributed by atoms with Crippen LogP contribution in [-0.2, 0) is 24.6 Å². The molecule has 39 heavy (non-hydrogen) atoms. The Morgan fingerprint density at radius 3 is 2.18 bits per heavy atom. The maximum absolute atomic E-state index is 13.5. The third kappa shape index (κ3) is 5.77. The molecule has 0 spiro atoms. The lowest BCUT2D eigenvalue weighted by atomic mass is 9.92. The molecule has 0 fully saturated rings. The van der Waals surface area contributed by atoms with E-state index in [0.717, 1.165) is 36.0 Å². The molecule has 2 aromatic carbocycles. The fraction of sp³-hybridized carbons (Fsp3) is 0.367. The lowest BCUT2D eigenvalue weighted by Crippen LogP contribution is -2.13. The number of rotatable bonds is 12. The summed E-state index contributed by atoms with van der Waals surface area (Å²) < 4.78 is 29.8. The maximum Gasteiger partial charge on any atom is 0.340 e. The Hall–Kier alpha value is -4.27. The van der Waals surface area contributed by atoms with Gasteiger partial charge in [-0.15, -0.1) is 0 Å². The topological polar surface area (TPSA) is 93.9 Å². The quantitative estimate of drug-likeness (QED) is 0.176. The standard InChI is InChI=1S/C30H35N3O6/c1-7-39-30(34)29-21(10-8-9-11-27-31-14-15-33(27)2)32-22-18-26(38-6)25(37-5)17-20(22)28(29)19-12-13-23(35-3)24(16-19)36-4/h12-18H,7-11H2,1-6H3. The minimum absolute atomic E-state index is 0.243. The van der Waals surface area contributed by atoms with Crippen molar-refractivity contribution in [3.8, 4) is 34.1 Å². The number of benzene rings is 2. The van der Waals surface area contributed by atoms with E-state index in [-0.39, 0.29) is 6.61 Å². The zero-order valence-electron chi connectivity index (χ0n) is 23.4. The molecule has 2 heterocycles. The van der Waals surface area contributed by atoms with E-state index < -0.39 is 5.97 Å². The van der Waals surface area contributed by atoms with Crippen LogP contribution >= 0.6 is 0 Å². The van der Waals surface area contributed by atoms with Crippen molar-refractivity contribution in [1.82, 2.24) is 14.5 Å². The number of imidazole rings is 1. The molecule has 0 aliphatic rings. The van der Waals surface area contributed by atoms with Crippen LogP contribution in [0.5, 0.6) is 23.0 Å². The van der Waals surface area contributed by atoms with Gasteiger partial charge >= 0.3 is 5.97 Å². The second-order valence-corrected chi connectivity index (χ2v) is 8.98. The van der Waals surface area contributed by atoms with Gasteiger partial charge in [0.25, 0.3) is 0 Å². The second kappa shape index (κ2) is 12.5. The lowest BCUT2D eigenvalue weighted by molar-refractivity contribution is 0.0525. The van der Waals surface area contributed by atoms with E-state index >= 15 is 0 Å². The highest BCUT2D eigenvalue weighted by atomic mass is 16.5. The Morgan fingerprint density at radius 1 is 0.872 bits per heavy atom. The summed E-state index contributed by atoms with van der Waals surface area (Å²) in [7, 11) is 8.33. The number of pyridine rings is 1. The van der Waals surface area contributed by atoms with Gasteiger partial charge in [-0.3, -0.25) is 4.98 Å². The third-order valence-corrected chi connectivity index (χ3v) is 6.70. The zero-order chi connectivity index (χ0) is 27.9. The van der Waals surface area contributed by atoms with Gasteiger partial charge in [-0.2, -0.15) is 0 Å². The van der Waals surface area contributed by atoms with Gasteiger partial charge < -0.3 is 28.3 Å². The molecular formula is C30H35N3O6. The molecule has 9 nitrogen and oxygen atoms in total. The van der Waals surface area contributed by atoms with Crippen molar-refractivity contribution in [2.24, 2.45) is 7.05 Å². The first-order valence-corrected chi connectivity index (χ1v) is 12.9. The SMILES string of the molecule is CCOC(=O)c1c(CCCCc2nccn2C)nc2cc(OC)c(OC)cc2c1-c1ccc(OC)c(OC)c1. The number of methoxy groups -OCH3 is 4. The molecular weight excluding hydrogens is 498 g/mol. The van der Waals surface area contributed by atoms with Crippen LogP contribution in [0.1, 0.15) is 41.6 Å². The molecule has 4 rings (SSSR count). The largest absolute Gasteiger partial charge is 0.493 e. The number of carbonyl (C=O) groups excluding carboxylic acids is 1. The highest BCUT2D eigenvalue weighted by Gasteiger charge is 2.25. The van der Waals surface area contributed by atoms with E-state index in [1.165, 1.54) is 0 Å². The Morgan fingerprint density at radius 2 is 1.54 bits per heavy atom. The molecule has 0 aliphatic heterocycles. The minimum Gasteiger partial charge on any atom is -0.493 e. The molecule has 0 amide bonds. The van der Waals surface area contributed by atoms with Crippen LogP contribution in [-0.4, -0.2) is 55.6 Å². The molecule has 0 saturated heterocycles. The fourth-order valence-electron chi connectivity index (χ4n) is 4.75. The number of hydrogen-bond acceptors (Lipinski definition) is 8. The smallest absolute Gasteiger partial charge is 0.340 e. The van der Waals surface area contributed by atoms with Crippen LogP contribution in [0.3, 0.4) is 0 Å². The predicted molar refractivity (Wildman–Crippen MR) is 149 cm³/mol. The number of fused-ring (bicyclic) bond motifs is 1. The van der Waals surface area contributed by atoms with Crippen LogP contribution in [0.15, 0.2) is 42.7 Å². The summed E-state index contributed by atoms with van der Waals surface area (Å²) in [5.41, 5.74) is 3.24. The van der Waals surface area contributed by atoms with Crippen molar-refractivity contribution in [3.63, 3.8) is 0 Å². The Bertz CT molecular complexity index is 1460. The van der Waals surface area contributed by atoms with Crippen LogP contribution in [0.2, 0.25) is 0 Å². The number of ether oxygens (including phenoxy) is 5. The number of unbranched alkanes of at least 4 members (excludes halogenated alkanes) is 1. The van der Waals surface area contributed by atoms with E-state index in [1.807, 2.05) is 48.1 Å². The lowest BCUT2D eigenvalue weighted by Gasteiger charge is -2.19. The molecule has 0 bridgehead atoms. The minimum atomic E-state index is -0.425. The van der Waals surface area contributed by atoms with Gasteiger partial charge in [0.15, 0.2) is 23.0 Å². The van der Waals surface area contributed by atoms with Crippen LogP contribution in [0, 0.1) is 0 Å². The van der Waals surface area contributed by atoms with Crippen molar-refractivity contribution in [2.75, 3.05) is 35.0 Å². The van der Waals surface area contributed by atoms with E-state index in [9.17, 15) is 4.79 Å². The fourth-order valence-corrected chi connectivity index (χ4v) is 4.75. The number of aryl methyl sites for hydroxylation is 3. The third-order valence-electron chi connectivity index (χ3n) is 6.70. The molecule has 0 N–H and O–H groups in total. The molecule has 9 heteroatoms. The number of nitrogens with zero attached hydrogens (tertiary/aromatic N) is 3. The first kappa shape index (κ1) is 27.8. The average Bonchev–Trinajstić information content (AvgIpc) is 3.37. The van der Waals surface area contributed by atoms with Crippen molar-refractivity contribution < 1.29 is 28.5 Å². The molecule has 0 aliphatic carbocycles. The van der Waals surface area contributed by atoms with E-state index in [1.54, 1.807) is 41.6 Å². The second-order valence-electron chi connectivity index (χ2n) is 8.98. The van der Waals surface area contributed by atoms with Crippen molar-refractivity contribution in [2.45, 2.75) is 32.6 Å². The summed E-state index contributed by atoms with van der Waals surface area (Å²) in [4.78, 5) is 22.9. The number of aromatic nitrogens is 3. The highest BCUT2D eigenvalue weighted by molar-refractivity contribution is 6.08. The van der Waals surface area contributed by atoms with Crippen molar-refractivity contribution in [1.29, 1.82) is 0 Å². The normalized spacial score (nSPS) is 10.9. The maximum atomic E-state index is 13.5. The van der Waals surface area contributed by atoms with Gasteiger partial charge in [-0.1, -0.05) is 6.07 Å². The highest BCUT2D eigenvalue weighted by Crippen LogP contribution is 2.42. The van der Waals surface area contributed by atoms with Crippen LogP contribution in [0.25, 0.3) is 22.0 Å². The van der Waals surface area contributed by atoms with Crippen molar-refractivity contribution in [3.05, 3.63) is 59.8 Å². The molecule has 0 radical (unpaired) electrons. The summed E-state index contributed by atoms with van der Waals surface area (Å²) in [5.74, 6) is 2.82. The molecule has 206 valence electrons. The van der Waals surface area contributed by atoms with Gasteiger partial charge in [-0.25, -0.2) is 9.78 Å². The average molecular weight is 534 g/mol. The Kier molecular flexibility index (Phi) is 8.91. The van der Waals surface area contributed by atoms with Gasteiger partial charge in [0.1, 0.15) is 5.82 Å². The van der Waals surface area contributed by atoms with Gasteiger partial charge in [0.2, 0.25) is 0 Å². The van der Waals surface area contributed by atoms with Crippen LogP contribution < -0.4 is 18.9 Å². The first-order valence-electron chi connectivity index (χ1n) is 12.9. The molecule has 4 aromatic rings. The first-order chi connectivity index (χ1) is 18.9. The van der Waals surface area contributed by atoms with E-state index in [2.05, 4.69) is 4.98 Å². The zero-order valence-corrected chi connectivity index (χ0v) is 23.4. The summed E-state index contributed by atoms with van der Waals surface area (Å²) >= 11 is 0. The summed E-state index contributed by atoms with van der Waals surface area (Å²) in [6, 6.07) is 9.27. The molecule has 0 saturated carbocycles. The predicted octanol–water partition coefficient (Wildman–Crippen LogP) is 5.41. The molecule has 0 atom stereocenters. The number of esters is 1. The van der Waals surface area contributed by atoms with Gasteiger partial charge in [0.05, 0.1) is 51.8 Å². The Balaban J connectivity index is 1.90. The summed E-state index contributed by atoms with van der Waals surface area (Å²) in [6.07, 6.45) is 6.87. The molecule has 0 unspecified atom stereocenters. The number of hydrogen-bond donors (Lipinski definition) is 0. The monoisotopic (exact) mass is 533 g/mol. The summed E-state index contributed by atoms with van der Waals surface area (Å²) in [6.45, 7) is 2.04. The molecule has 2 aromatic heterocycles. The van der Waals surface area contributed by atoms with Crippen molar-refractivity contribution >= 4 is 16.9 Å². The van der Waals surface area contributed by atoms with Gasteiger partial charge in [0, 0.05) is 42.9 Å². The van der Waals surface area contributed by atoms with E-state index in [0.29, 0.717) is 51.8 Å². The summed E-state index contributed by atoms with van der Waals surface area (Å²) in [5, 5.41) is 0.736. The Labute approximate surface area is 228 Å². The number of carbonyl (C=O) groups is 1. The van der Waals surface area contributed by atoms with Crippen LogP contribution in [0.4, 0.5) is 0 Å².